The van der Waals surface area contributed by atoms with Crippen LogP contribution in [-0.4, -0.2) is 26.2 Å². The normalized spacial score (nSPS) is 16.1. The van der Waals surface area contributed by atoms with E-state index in [0.29, 0.717) is 11.8 Å². The van der Waals surface area contributed by atoms with E-state index in [0.717, 1.165) is 18.8 Å². The molecule has 0 saturated carbocycles. The number of rotatable bonds is 3. The second-order valence-electron chi connectivity index (χ2n) is 3.34. The minimum absolute atomic E-state index is 0.279. The number of hydrogen-bond acceptors (Lipinski definition) is 3. The Balaban J connectivity index is 2.14. The summed E-state index contributed by atoms with van der Waals surface area (Å²) in [5, 5.41) is 6.42. The third-order valence-corrected chi connectivity index (χ3v) is 2.30. The maximum atomic E-state index is 12.8. The largest absolute Gasteiger partial charge is 0.494 e. The van der Waals surface area contributed by atoms with E-state index < -0.39 is 0 Å². The predicted octanol–water partition coefficient (Wildman–Crippen LogP) is 1.22. The molecular weight excluding hydrogens is 183 g/mol. The summed E-state index contributed by atoms with van der Waals surface area (Å²) in [4.78, 5) is 0. The average Bonchev–Trinajstić information content (AvgIpc) is 2.13. The molecule has 0 unspecified atom stereocenters. The van der Waals surface area contributed by atoms with Crippen molar-refractivity contribution in [2.24, 2.45) is 0 Å². The van der Waals surface area contributed by atoms with E-state index in [1.54, 1.807) is 13.2 Å². The van der Waals surface area contributed by atoms with Crippen LogP contribution in [-0.2, 0) is 0 Å². The summed E-state index contributed by atoms with van der Waals surface area (Å²) in [6.07, 6.45) is 0. The molecule has 0 amide bonds. The Labute approximate surface area is 82.3 Å². The third kappa shape index (κ3) is 1.80. The van der Waals surface area contributed by atoms with E-state index in [9.17, 15) is 4.39 Å². The van der Waals surface area contributed by atoms with Crippen molar-refractivity contribution in [3.63, 3.8) is 0 Å². The Morgan fingerprint density at radius 1 is 1.50 bits per heavy atom. The SMILES string of the molecule is COc1cc(F)ccc1NC1CNC1. The van der Waals surface area contributed by atoms with Gasteiger partial charge in [0.1, 0.15) is 11.6 Å². The molecule has 0 radical (unpaired) electrons. The lowest BCUT2D eigenvalue weighted by atomic mass is 10.1. The number of anilines is 1. The van der Waals surface area contributed by atoms with Gasteiger partial charge in [-0.2, -0.15) is 0 Å². The fraction of sp³-hybridized carbons (Fsp3) is 0.400. The van der Waals surface area contributed by atoms with Gasteiger partial charge in [0.05, 0.1) is 18.8 Å². The minimum Gasteiger partial charge on any atom is -0.494 e. The van der Waals surface area contributed by atoms with Crippen molar-refractivity contribution >= 4 is 5.69 Å². The molecule has 0 spiro atoms. The van der Waals surface area contributed by atoms with Crippen molar-refractivity contribution in [3.05, 3.63) is 24.0 Å². The highest BCUT2D eigenvalue weighted by molar-refractivity contribution is 5.57. The number of hydrogen-bond donors (Lipinski definition) is 2. The van der Waals surface area contributed by atoms with Crippen LogP contribution < -0.4 is 15.4 Å². The monoisotopic (exact) mass is 196 g/mol. The highest BCUT2D eigenvalue weighted by Gasteiger charge is 2.17. The van der Waals surface area contributed by atoms with Crippen molar-refractivity contribution in [3.8, 4) is 5.75 Å². The molecular formula is C10H13FN2O. The van der Waals surface area contributed by atoms with E-state index in [1.807, 2.05) is 0 Å². The first-order chi connectivity index (χ1) is 6.79. The molecule has 3 nitrogen and oxygen atoms in total. The Morgan fingerprint density at radius 2 is 2.29 bits per heavy atom. The number of halogens is 1. The molecule has 0 bridgehead atoms. The number of nitrogens with one attached hydrogen (secondary N) is 2. The van der Waals surface area contributed by atoms with Crippen LogP contribution >= 0.6 is 0 Å². The lowest BCUT2D eigenvalue weighted by Gasteiger charge is -2.29. The zero-order valence-corrected chi connectivity index (χ0v) is 8.01. The molecule has 1 saturated heterocycles. The van der Waals surface area contributed by atoms with Gasteiger partial charge in [-0.25, -0.2) is 4.39 Å². The average molecular weight is 196 g/mol. The summed E-state index contributed by atoms with van der Waals surface area (Å²) >= 11 is 0. The second kappa shape index (κ2) is 3.84. The molecule has 1 heterocycles. The maximum Gasteiger partial charge on any atom is 0.144 e. The highest BCUT2D eigenvalue weighted by Crippen LogP contribution is 2.25. The molecule has 1 aromatic rings. The molecule has 1 fully saturated rings. The first kappa shape index (κ1) is 9.27. The van der Waals surface area contributed by atoms with Gasteiger partial charge in [0.15, 0.2) is 0 Å². The predicted molar refractivity (Wildman–Crippen MR) is 53.2 cm³/mol. The lowest BCUT2D eigenvalue weighted by molar-refractivity contribution is 0.409. The van der Waals surface area contributed by atoms with E-state index in [-0.39, 0.29) is 5.82 Å². The summed E-state index contributed by atoms with van der Waals surface area (Å²) in [6.45, 7) is 1.89. The molecule has 2 N–H and O–H groups in total. The van der Waals surface area contributed by atoms with Gasteiger partial charge in [-0.15, -0.1) is 0 Å². The summed E-state index contributed by atoms with van der Waals surface area (Å²) in [6, 6.07) is 4.94. The van der Waals surface area contributed by atoms with E-state index >= 15 is 0 Å². The lowest BCUT2D eigenvalue weighted by Crippen LogP contribution is -2.51. The summed E-state index contributed by atoms with van der Waals surface area (Å²) in [5.41, 5.74) is 0.848. The van der Waals surface area contributed by atoms with E-state index in [4.69, 9.17) is 4.74 Å². The first-order valence-corrected chi connectivity index (χ1v) is 4.60. The molecule has 0 aromatic heterocycles. The van der Waals surface area contributed by atoms with E-state index in [1.165, 1.54) is 12.1 Å². The van der Waals surface area contributed by atoms with Gasteiger partial charge in [0.25, 0.3) is 0 Å². The summed E-state index contributed by atoms with van der Waals surface area (Å²) < 4.78 is 17.9. The fourth-order valence-corrected chi connectivity index (χ4v) is 1.39. The molecule has 1 aromatic carbocycles. The van der Waals surface area contributed by atoms with Crippen molar-refractivity contribution in [2.75, 3.05) is 25.5 Å². The molecule has 4 heteroatoms. The van der Waals surface area contributed by atoms with Crippen molar-refractivity contribution < 1.29 is 9.13 Å². The number of methoxy groups -OCH3 is 1. The zero-order valence-electron chi connectivity index (χ0n) is 8.01. The van der Waals surface area contributed by atoms with Crippen LogP contribution in [0.4, 0.5) is 10.1 Å². The van der Waals surface area contributed by atoms with Crippen LogP contribution in [0.2, 0.25) is 0 Å². The highest BCUT2D eigenvalue weighted by atomic mass is 19.1. The van der Waals surface area contributed by atoms with Crippen molar-refractivity contribution in [1.82, 2.24) is 5.32 Å². The quantitative estimate of drug-likeness (QED) is 0.762. The van der Waals surface area contributed by atoms with Gasteiger partial charge in [-0.3, -0.25) is 0 Å². The Kier molecular flexibility index (Phi) is 2.54. The molecule has 0 aliphatic carbocycles. The van der Waals surface area contributed by atoms with Crippen LogP contribution in [0.15, 0.2) is 18.2 Å². The molecule has 76 valence electrons. The summed E-state index contributed by atoms with van der Waals surface area (Å²) in [7, 11) is 1.54. The van der Waals surface area contributed by atoms with Crippen molar-refractivity contribution in [2.45, 2.75) is 6.04 Å². The Hall–Kier alpha value is -1.29. The van der Waals surface area contributed by atoms with Gasteiger partial charge in [-0.05, 0) is 12.1 Å². The van der Waals surface area contributed by atoms with Gasteiger partial charge in [0, 0.05) is 19.2 Å². The second-order valence-corrected chi connectivity index (χ2v) is 3.34. The van der Waals surface area contributed by atoms with E-state index in [2.05, 4.69) is 10.6 Å². The smallest absolute Gasteiger partial charge is 0.144 e. The Bertz CT molecular complexity index is 326. The summed E-state index contributed by atoms with van der Waals surface area (Å²) in [5.74, 6) is 0.274. The van der Waals surface area contributed by atoms with Crippen molar-refractivity contribution in [1.29, 1.82) is 0 Å². The maximum absolute atomic E-state index is 12.8. The van der Waals surface area contributed by atoms with Crippen LogP contribution in [0, 0.1) is 5.82 Å². The molecule has 0 atom stereocenters. The van der Waals surface area contributed by atoms with Gasteiger partial charge in [0.2, 0.25) is 0 Å². The number of benzene rings is 1. The van der Waals surface area contributed by atoms with Gasteiger partial charge >= 0.3 is 0 Å². The first-order valence-electron chi connectivity index (χ1n) is 4.60. The Morgan fingerprint density at radius 3 is 2.86 bits per heavy atom. The van der Waals surface area contributed by atoms with Gasteiger partial charge in [-0.1, -0.05) is 0 Å². The topological polar surface area (TPSA) is 33.3 Å². The third-order valence-electron chi connectivity index (χ3n) is 2.30. The minimum atomic E-state index is -0.279. The fourth-order valence-electron chi connectivity index (χ4n) is 1.39. The number of ether oxygens (including phenoxy) is 1. The molecule has 1 aliphatic heterocycles. The molecule has 14 heavy (non-hydrogen) atoms. The van der Waals surface area contributed by atoms with Crippen LogP contribution in [0.1, 0.15) is 0 Å². The van der Waals surface area contributed by atoms with Crippen LogP contribution in [0.5, 0.6) is 5.75 Å². The molecule has 2 rings (SSSR count). The molecule has 1 aliphatic rings. The zero-order chi connectivity index (χ0) is 9.97. The van der Waals surface area contributed by atoms with Gasteiger partial charge < -0.3 is 15.4 Å². The van der Waals surface area contributed by atoms with Crippen LogP contribution in [0.3, 0.4) is 0 Å². The standard InChI is InChI=1S/C10H13FN2O/c1-14-10-4-7(11)2-3-9(10)13-8-5-12-6-8/h2-4,8,12-13H,5-6H2,1H3. The van der Waals surface area contributed by atoms with Crippen LogP contribution in [0.25, 0.3) is 0 Å².